The van der Waals surface area contributed by atoms with Crippen LogP contribution < -0.4 is 4.74 Å². The number of aliphatic hydroxyl groups excluding tert-OH is 2. The number of halogens is 2. The van der Waals surface area contributed by atoms with Crippen LogP contribution in [0.1, 0.15) is 28.4 Å². The largest absolute Gasteiger partial charge is 0.491 e. The third-order valence-electron chi connectivity index (χ3n) is 5.63. The number of para-hydroxylation sites is 1. The molecule has 180 valence electrons. The highest BCUT2D eigenvalue weighted by molar-refractivity contribution is 6.00. The van der Waals surface area contributed by atoms with Crippen LogP contribution in [0.5, 0.6) is 5.75 Å². The normalized spacial score (nSPS) is 12.5. The lowest BCUT2D eigenvalue weighted by molar-refractivity contribution is 0.0175. The Morgan fingerprint density at radius 1 is 1.03 bits per heavy atom. The third kappa shape index (κ3) is 5.88. The Balaban J connectivity index is 1.62. The molecule has 0 saturated heterocycles. The zero-order valence-electron chi connectivity index (χ0n) is 19.1. The first-order valence-corrected chi connectivity index (χ1v) is 11.2. The second-order valence-corrected chi connectivity index (χ2v) is 8.43. The number of ether oxygens (including phenoxy) is 1. The Bertz CT molecular complexity index is 1350. The van der Waals surface area contributed by atoms with Crippen molar-refractivity contribution in [2.24, 2.45) is 0 Å². The molecule has 4 rings (SSSR count). The van der Waals surface area contributed by atoms with Gasteiger partial charge in [0.25, 0.3) is 5.92 Å². The second-order valence-electron chi connectivity index (χ2n) is 8.43. The summed E-state index contributed by atoms with van der Waals surface area (Å²) in [5, 5.41) is 19.2. The van der Waals surface area contributed by atoms with Crippen molar-refractivity contribution >= 4 is 16.7 Å². The molecule has 0 fully saturated rings. The number of hydrogen-bond donors (Lipinski definition) is 2. The van der Waals surface area contributed by atoms with Crippen LogP contribution >= 0.6 is 0 Å². The summed E-state index contributed by atoms with van der Waals surface area (Å²) >= 11 is 0. The van der Waals surface area contributed by atoms with Gasteiger partial charge in [-0.2, -0.15) is 0 Å². The topological polar surface area (TPSA) is 79.7 Å². The van der Waals surface area contributed by atoms with Crippen LogP contribution in [0.4, 0.5) is 8.78 Å². The molecule has 0 aliphatic carbocycles. The number of carbonyl (C=O) groups excluding carboxylic acids is 1. The van der Waals surface area contributed by atoms with Crippen molar-refractivity contribution in [2.45, 2.75) is 25.4 Å². The highest BCUT2D eigenvalue weighted by Crippen LogP contribution is 2.31. The van der Waals surface area contributed by atoms with E-state index in [-0.39, 0.29) is 24.4 Å². The molecule has 3 aromatic carbocycles. The van der Waals surface area contributed by atoms with E-state index in [1.54, 1.807) is 42.5 Å². The van der Waals surface area contributed by atoms with Gasteiger partial charge in [-0.25, -0.2) is 13.8 Å². The zero-order chi connectivity index (χ0) is 25.0. The minimum atomic E-state index is -2.96. The predicted molar refractivity (Wildman–Crippen MR) is 130 cm³/mol. The standard InChI is InChI=1S/C28H25F2NO4/c1-28(29,30)22-9-3-6-19(13-22)25-12-11-18-5-2-8-21(27(18)31-25)15-26(34)20-7-4-10-24(14-20)35-17-23(33)16-32/h2-14,23,32-33H,15-17H2,1H3/t23-/m0/s1. The van der Waals surface area contributed by atoms with E-state index in [0.29, 0.717) is 33.7 Å². The lowest BCUT2D eigenvalue weighted by Crippen LogP contribution is -2.21. The van der Waals surface area contributed by atoms with E-state index in [4.69, 9.17) is 14.8 Å². The number of rotatable bonds is 9. The Kier molecular flexibility index (Phi) is 7.19. The summed E-state index contributed by atoms with van der Waals surface area (Å²) in [5.41, 5.74) is 2.81. The van der Waals surface area contributed by atoms with Crippen LogP contribution in [0, 0.1) is 0 Å². The molecule has 1 atom stereocenters. The number of nitrogens with zero attached hydrogens (tertiary/aromatic N) is 1. The molecule has 0 saturated carbocycles. The molecule has 7 heteroatoms. The molecule has 1 aromatic heterocycles. The Morgan fingerprint density at radius 2 is 1.80 bits per heavy atom. The van der Waals surface area contributed by atoms with Gasteiger partial charge < -0.3 is 14.9 Å². The number of Topliss-reactive ketones (excluding diaryl/α,β-unsaturated/α-hetero) is 1. The predicted octanol–water partition coefficient (Wildman–Crippen LogP) is 5.17. The summed E-state index contributed by atoms with van der Waals surface area (Å²) in [6.07, 6.45) is -0.918. The quantitative estimate of drug-likeness (QED) is 0.325. The molecular weight excluding hydrogens is 452 g/mol. The van der Waals surface area contributed by atoms with E-state index in [0.717, 1.165) is 12.3 Å². The van der Waals surface area contributed by atoms with Crippen molar-refractivity contribution < 1.29 is 28.5 Å². The van der Waals surface area contributed by atoms with Gasteiger partial charge in [0.2, 0.25) is 0 Å². The maximum Gasteiger partial charge on any atom is 0.270 e. The van der Waals surface area contributed by atoms with Crippen LogP contribution in [0.15, 0.2) is 78.9 Å². The Morgan fingerprint density at radius 3 is 2.57 bits per heavy atom. The van der Waals surface area contributed by atoms with Gasteiger partial charge in [0.1, 0.15) is 18.5 Å². The summed E-state index contributed by atoms with van der Waals surface area (Å²) in [5.74, 6) is -2.70. The first kappa shape index (κ1) is 24.4. The average Bonchev–Trinajstić information content (AvgIpc) is 2.87. The van der Waals surface area contributed by atoms with E-state index in [1.165, 1.54) is 12.1 Å². The van der Waals surface area contributed by atoms with Crippen LogP contribution in [0.3, 0.4) is 0 Å². The first-order valence-electron chi connectivity index (χ1n) is 11.2. The minimum Gasteiger partial charge on any atom is -0.491 e. The molecule has 0 spiro atoms. The lowest BCUT2D eigenvalue weighted by Gasteiger charge is -2.13. The number of hydrogen-bond acceptors (Lipinski definition) is 5. The zero-order valence-corrected chi connectivity index (χ0v) is 19.1. The molecule has 35 heavy (non-hydrogen) atoms. The van der Waals surface area contributed by atoms with E-state index in [2.05, 4.69) is 0 Å². The minimum absolute atomic E-state index is 0.0869. The lowest BCUT2D eigenvalue weighted by atomic mass is 9.99. The van der Waals surface area contributed by atoms with Gasteiger partial charge in [0.05, 0.1) is 17.8 Å². The fourth-order valence-corrected chi connectivity index (χ4v) is 3.74. The van der Waals surface area contributed by atoms with E-state index in [1.807, 2.05) is 24.3 Å². The molecule has 0 amide bonds. The molecule has 0 bridgehead atoms. The van der Waals surface area contributed by atoms with Gasteiger partial charge in [-0.1, -0.05) is 54.6 Å². The van der Waals surface area contributed by atoms with Crippen molar-refractivity contribution in [1.29, 1.82) is 0 Å². The van der Waals surface area contributed by atoms with Crippen molar-refractivity contribution in [3.63, 3.8) is 0 Å². The van der Waals surface area contributed by atoms with Crippen LogP contribution in [0.2, 0.25) is 0 Å². The van der Waals surface area contributed by atoms with Gasteiger partial charge in [-0.05, 0) is 29.8 Å². The van der Waals surface area contributed by atoms with E-state index >= 15 is 0 Å². The molecular formula is C28H25F2NO4. The van der Waals surface area contributed by atoms with Crippen LogP contribution in [-0.4, -0.2) is 40.3 Å². The SMILES string of the molecule is CC(F)(F)c1cccc(-c2ccc3cccc(CC(=O)c4cccc(OC[C@@H](O)CO)c4)c3n2)c1. The molecule has 0 radical (unpaired) electrons. The Hall–Kier alpha value is -3.68. The van der Waals surface area contributed by atoms with Crippen LogP contribution in [0.25, 0.3) is 22.2 Å². The van der Waals surface area contributed by atoms with Crippen molar-refractivity contribution in [2.75, 3.05) is 13.2 Å². The first-order chi connectivity index (χ1) is 16.7. The van der Waals surface area contributed by atoms with Gasteiger partial charge in [0.15, 0.2) is 5.78 Å². The summed E-state index contributed by atoms with van der Waals surface area (Å²) in [7, 11) is 0. The number of fused-ring (bicyclic) bond motifs is 1. The van der Waals surface area contributed by atoms with Crippen LogP contribution in [-0.2, 0) is 12.3 Å². The van der Waals surface area contributed by atoms with Gasteiger partial charge >= 0.3 is 0 Å². The summed E-state index contributed by atoms with van der Waals surface area (Å²) < 4.78 is 33.1. The van der Waals surface area contributed by atoms with Gasteiger partial charge in [-0.3, -0.25) is 4.79 Å². The molecule has 0 unspecified atom stereocenters. The number of ketones is 1. The molecule has 2 N–H and O–H groups in total. The molecule has 1 heterocycles. The van der Waals surface area contributed by atoms with Gasteiger partial charge in [0, 0.05) is 35.4 Å². The number of carbonyl (C=O) groups is 1. The number of benzene rings is 3. The van der Waals surface area contributed by atoms with E-state index in [9.17, 15) is 18.7 Å². The number of aliphatic hydroxyl groups is 2. The maximum absolute atomic E-state index is 13.8. The number of pyridine rings is 1. The summed E-state index contributed by atoms with van der Waals surface area (Å²) in [6.45, 7) is 0.355. The molecule has 0 aliphatic rings. The molecule has 0 aliphatic heterocycles. The number of aromatic nitrogens is 1. The fourth-order valence-electron chi connectivity index (χ4n) is 3.74. The molecule has 4 aromatic rings. The van der Waals surface area contributed by atoms with Crippen molar-refractivity contribution in [3.05, 3.63) is 95.6 Å². The highest BCUT2D eigenvalue weighted by atomic mass is 19.3. The second kappa shape index (κ2) is 10.3. The average molecular weight is 478 g/mol. The van der Waals surface area contributed by atoms with E-state index < -0.39 is 18.6 Å². The monoisotopic (exact) mass is 477 g/mol. The Labute approximate surface area is 201 Å². The number of alkyl halides is 2. The van der Waals surface area contributed by atoms with Crippen molar-refractivity contribution in [1.82, 2.24) is 4.98 Å². The third-order valence-corrected chi connectivity index (χ3v) is 5.63. The summed E-state index contributed by atoms with van der Waals surface area (Å²) in [4.78, 5) is 17.8. The molecule has 5 nitrogen and oxygen atoms in total. The maximum atomic E-state index is 13.8. The van der Waals surface area contributed by atoms with Crippen molar-refractivity contribution in [3.8, 4) is 17.0 Å². The fraction of sp³-hybridized carbons (Fsp3) is 0.214. The highest BCUT2D eigenvalue weighted by Gasteiger charge is 2.24. The smallest absolute Gasteiger partial charge is 0.270 e. The summed E-state index contributed by atoms with van der Waals surface area (Å²) in [6, 6.07) is 22.0. The van der Waals surface area contributed by atoms with Gasteiger partial charge in [-0.15, -0.1) is 0 Å².